The number of benzene rings is 1. The van der Waals surface area contributed by atoms with Crippen molar-refractivity contribution in [1.29, 1.82) is 0 Å². The monoisotopic (exact) mass is 283 g/mol. The minimum absolute atomic E-state index is 0.111. The molecule has 0 aromatic heterocycles. The number of anilines is 2. The average molecular weight is 283 g/mol. The molecule has 0 saturated carbocycles. The molecule has 0 aliphatic heterocycles. The highest BCUT2D eigenvalue weighted by Crippen LogP contribution is 2.25. The zero-order chi connectivity index (χ0) is 14.3. The first kappa shape index (κ1) is 15.6. The van der Waals surface area contributed by atoms with E-state index in [0.717, 1.165) is 30.1 Å². The second-order valence-electron chi connectivity index (χ2n) is 4.45. The topological polar surface area (TPSA) is 67.2 Å². The lowest BCUT2D eigenvalue weighted by molar-refractivity contribution is -0.384. The van der Waals surface area contributed by atoms with Gasteiger partial charge >= 0.3 is 0 Å². The molecule has 0 radical (unpaired) electrons. The van der Waals surface area contributed by atoms with Crippen LogP contribution >= 0.6 is 11.8 Å². The molecule has 0 bridgehead atoms. The first-order chi connectivity index (χ1) is 9.06. The number of rotatable bonds is 8. The molecule has 0 spiro atoms. The molecule has 2 N–H and O–H groups in total. The summed E-state index contributed by atoms with van der Waals surface area (Å²) < 4.78 is 0. The van der Waals surface area contributed by atoms with E-state index in [1.807, 2.05) is 12.3 Å². The van der Waals surface area contributed by atoms with Crippen LogP contribution in [0.4, 0.5) is 17.1 Å². The smallest absolute Gasteiger partial charge is 0.273 e. The van der Waals surface area contributed by atoms with E-state index in [-0.39, 0.29) is 16.7 Å². The third-order valence-electron chi connectivity index (χ3n) is 2.54. The van der Waals surface area contributed by atoms with Gasteiger partial charge in [0, 0.05) is 41.8 Å². The first-order valence-corrected chi connectivity index (χ1v) is 7.75. The van der Waals surface area contributed by atoms with Crippen molar-refractivity contribution in [3.8, 4) is 0 Å². The molecule has 19 heavy (non-hydrogen) atoms. The third-order valence-corrected chi connectivity index (χ3v) is 3.37. The van der Waals surface area contributed by atoms with E-state index >= 15 is 0 Å². The van der Waals surface area contributed by atoms with Crippen LogP contribution in [0.2, 0.25) is 0 Å². The molecule has 0 aliphatic rings. The van der Waals surface area contributed by atoms with Crippen LogP contribution in [-0.4, -0.2) is 29.5 Å². The fraction of sp³-hybridized carbons (Fsp3) is 0.538. The standard InChI is InChI=1S/C13H21N3O2S/c1-4-5-14-11-6-12(15-10(2)9-19-3)8-13(7-11)16(17)18/h6-8,10,14-15H,4-5,9H2,1-3H3. The Bertz CT molecular complexity index is 426. The Morgan fingerprint density at radius 2 is 2.05 bits per heavy atom. The van der Waals surface area contributed by atoms with Gasteiger partial charge in [0.2, 0.25) is 0 Å². The van der Waals surface area contributed by atoms with Gasteiger partial charge in [-0.1, -0.05) is 6.92 Å². The maximum atomic E-state index is 10.9. The number of nitrogens with one attached hydrogen (secondary N) is 2. The summed E-state index contributed by atoms with van der Waals surface area (Å²) in [6.07, 6.45) is 3.02. The quantitative estimate of drug-likeness (QED) is 0.564. The molecular formula is C13H21N3O2S. The molecule has 1 aromatic carbocycles. The van der Waals surface area contributed by atoms with Crippen molar-refractivity contribution in [3.05, 3.63) is 28.3 Å². The average Bonchev–Trinajstić information content (AvgIpc) is 2.36. The van der Waals surface area contributed by atoms with E-state index in [2.05, 4.69) is 24.5 Å². The Morgan fingerprint density at radius 1 is 1.37 bits per heavy atom. The predicted octanol–water partition coefficient (Wildman–Crippen LogP) is 3.58. The first-order valence-electron chi connectivity index (χ1n) is 6.35. The number of nitro groups is 1. The van der Waals surface area contributed by atoms with Crippen molar-refractivity contribution in [1.82, 2.24) is 0 Å². The molecule has 5 nitrogen and oxygen atoms in total. The highest BCUT2D eigenvalue weighted by Gasteiger charge is 2.11. The second kappa shape index (κ2) is 7.89. The molecule has 1 atom stereocenters. The molecule has 0 aliphatic carbocycles. The summed E-state index contributed by atoms with van der Waals surface area (Å²) in [5.41, 5.74) is 1.68. The maximum absolute atomic E-state index is 10.9. The second-order valence-corrected chi connectivity index (χ2v) is 5.36. The Morgan fingerprint density at radius 3 is 2.63 bits per heavy atom. The van der Waals surface area contributed by atoms with Crippen LogP contribution in [0.1, 0.15) is 20.3 Å². The van der Waals surface area contributed by atoms with Gasteiger partial charge < -0.3 is 10.6 Å². The van der Waals surface area contributed by atoms with E-state index in [0.29, 0.717) is 0 Å². The molecule has 0 saturated heterocycles. The highest BCUT2D eigenvalue weighted by molar-refractivity contribution is 7.98. The Balaban J connectivity index is 2.89. The molecule has 1 unspecified atom stereocenters. The number of thioether (sulfide) groups is 1. The third kappa shape index (κ3) is 5.38. The van der Waals surface area contributed by atoms with E-state index in [4.69, 9.17) is 0 Å². The molecule has 1 rings (SSSR count). The molecule has 0 heterocycles. The van der Waals surface area contributed by atoms with E-state index in [1.165, 1.54) is 0 Å². The van der Waals surface area contributed by atoms with Crippen molar-refractivity contribution in [2.24, 2.45) is 0 Å². The van der Waals surface area contributed by atoms with Crippen LogP contribution in [0, 0.1) is 10.1 Å². The van der Waals surface area contributed by atoms with Crippen LogP contribution in [0.3, 0.4) is 0 Å². The van der Waals surface area contributed by atoms with E-state index < -0.39 is 0 Å². The van der Waals surface area contributed by atoms with Gasteiger partial charge in [-0.2, -0.15) is 11.8 Å². The van der Waals surface area contributed by atoms with Gasteiger partial charge in [-0.25, -0.2) is 0 Å². The zero-order valence-electron chi connectivity index (χ0n) is 11.6. The normalized spacial score (nSPS) is 11.9. The number of hydrogen-bond donors (Lipinski definition) is 2. The van der Waals surface area contributed by atoms with E-state index in [1.54, 1.807) is 23.9 Å². The number of nitrogens with zero attached hydrogens (tertiary/aromatic N) is 1. The summed E-state index contributed by atoms with van der Waals surface area (Å²) in [7, 11) is 0. The number of hydrogen-bond acceptors (Lipinski definition) is 5. The summed E-state index contributed by atoms with van der Waals surface area (Å²) in [5, 5.41) is 17.4. The summed E-state index contributed by atoms with van der Waals surface area (Å²) in [4.78, 5) is 10.6. The fourth-order valence-corrected chi connectivity index (χ4v) is 2.33. The minimum atomic E-state index is -0.360. The zero-order valence-corrected chi connectivity index (χ0v) is 12.4. The molecule has 0 fully saturated rings. The van der Waals surface area contributed by atoms with Gasteiger partial charge in [0.05, 0.1) is 4.92 Å². The summed E-state index contributed by atoms with van der Waals surface area (Å²) in [5.74, 6) is 0.959. The van der Waals surface area contributed by atoms with Gasteiger partial charge in [-0.05, 0) is 25.7 Å². The van der Waals surface area contributed by atoms with Crippen molar-refractivity contribution < 1.29 is 4.92 Å². The van der Waals surface area contributed by atoms with Crippen LogP contribution in [0.25, 0.3) is 0 Å². The Hall–Kier alpha value is -1.43. The highest BCUT2D eigenvalue weighted by atomic mass is 32.2. The summed E-state index contributed by atoms with van der Waals surface area (Å²) in [6.45, 7) is 4.93. The number of non-ortho nitro benzene ring substituents is 1. The van der Waals surface area contributed by atoms with Crippen molar-refractivity contribution >= 4 is 28.8 Å². The predicted molar refractivity (Wildman–Crippen MR) is 83.3 cm³/mol. The minimum Gasteiger partial charge on any atom is -0.385 e. The van der Waals surface area contributed by atoms with Crippen LogP contribution in [-0.2, 0) is 0 Å². The molecule has 106 valence electrons. The van der Waals surface area contributed by atoms with Crippen molar-refractivity contribution in [2.75, 3.05) is 29.2 Å². The molecule has 1 aromatic rings. The van der Waals surface area contributed by atoms with Crippen molar-refractivity contribution in [2.45, 2.75) is 26.3 Å². The van der Waals surface area contributed by atoms with Crippen LogP contribution in [0.5, 0.6) is 0 Å². The Labute approximate surface area is 118 Å². The van der Waals surface area contributed by atoms with Gasteiger partial charge in [0.25, 0.3) is 5.69 Å². The lowest BCUT2D eigenvalue weighted by Gasteiger charge is -2.15. The van der Waals surface area contributed by atoms with Gasteiger partial charge in [-0.3, -0.25) is 10.1 Å². The lowest BCUT2D eigenvalue weighted by atomic mass is 10.2. The fourth-order valence-electron chi connectivity index (χ4n) is 1.75. The Kier molecular flexibility index (Phi) is 6.49. The van der Waals surface area contributed by atoms with Crippen LogP contribution < -0.4 is 10.6 Å². The summed E-state index contributed by atoms with van der Waals surface area (Å²) in [6, 6.07) is 5.34. The molecule has 0 amide bonds. The molecular weight excluding hydrogens is 262 g/mol. The van der Waals surface area contributed by atoms with Gasteiger partial charge in [0.15, 0.2) is 0 Å². The lowest BCUT2D eigenvalue weighted by Crippen LogP contribution is -2.17. The number of nitro benzene ring substituents is 1. The summed E-state index contributed by atoms with van der Waals surface area (Å²) >= 11 is 1.75. The van der Waals surface area contributed by atoms with Crippen molar-refractivity contribution in [3.63, 3.8) is 0 Å². The largest absolute Gasteiger partial charge is 0.385 e. The van der Waals surface area contributed by atoms with Gasteiger partial charge in [0.1, 0.15) is 0 Å². The molecule has 6 heteroatoms. The van der Waals surface area contributed by atoms with Crippen LogP contribution in [0.15, 0.2) is 18.2 Å². The maximum Gasteiger partial charge on any atom is 0.273 e. The van der Waals surface area contributed by atoms with E-state index in [9.17, 15) is 10.1 Å². The SMILES string of the molecule is CCCNc1cc(NC(C)CSC)cc([N+](=O)[O-])c1. The van der Waals surface area contributed by atoms with Gasteiger partial charge in [-0.15, -0.1) is 0 Å².